The number of aliphatic hydroxyl groups excluding tert-OH is 1. The third-order valence-corrected chi connectivity index (χ3v) is 1.61. The van der Waals surface area contributed by atoms with Gasteiger partial charge in [0.1, 0.15) is 11.3 Å². The third kappa shape index (κ3) is 3.56. The third-order valence-electron chi connectivity index (χ3n) is 1.61. The van der Waals surface area contributed by atoms with E-state index in [-0.39, 0.29) is 11.9 Å². The van der Waals surface area contributed by atoms with Gasteiger partial charge < -0.3 is 10.2 Å². The standard InChI is InChI=1S/C9H7NO.C3H8O/c11-8-5-1-3-7-4-2-6-10-9(7)8;1-3(2)4/h1-6,11H;3-4H,1-2H3. The van der Waals surface area contributed by atoms with Gasteiger partial charge in [0.2, 0.25) is 0 Å². The quantitative estimate of drug-likeness (QED) is 0.694. The fourth-order valence-corrected chi connectivity index (χ4v) is 1.09. The smallest absolute Gasteiger partial charge is 0.141 e. The Bertz CT molecular complexity index is 419. The van der Waals surface area contributed by atoms with Crippen LogP contribution in [0.4, 0.5) is 0 Å². The van der Waals surface area contributed by atoms with E-state index in [0.717, 1.165) is 5.39 Å². The minimum atomic E-state index is -0.167. The second kappa shape index (κ2) is 5.32. The number of hydrogen-bond donors (Lipinski definition) is 2. The van der Waals surface area contributed by atoms with Crippen molar-refractivity contribution in [3.63, 3.8) is 0 Å². The second-order valence-corrected chi connectivity index (χ2v) is 3.45. The Hall–Kier alpha value is -1.61. The lowest BCUT2D eigenvalue weighted by Gasteiger charge is -1.96. The number of nitrogens with zero attached hydrogens (tertiary/aromatic N) is 1. The van der Waals surface area contributed by atoms with E-state index in [1.165, 1.54) is 0 Å². The average Bonchev–Trinajstić information content (AvgIpc) is 2.18. The maximum Gasteiger partial charge on any atom is 0.141 e. The van der Waals surface area contributed by atoms with Gasteiger partial charge in [0.25, 0.3) is 0 Å². The molecule has 0 aliphatic heterocycles. The first-order valence-electron chi connectivity index (χ1n) is 4.82. The number of hydrogen-bond acceptors (Lipinski definition) is 3. The van der Waals surface area contributed by atoms with Gasteiger partial charge >= 0.3 is 0 Å². The summed E-state index contributed by atoms with van der Waals surface area (Å²) in [5.41, 5.74) is 0.662. The maximum absolute atomic E-state index is 9.31. The Morgan fingerprint density at radius 2 is 1.73 bits per heavy atom. The molecule has 15 heavy (non-hydrogen) atoms. The van der Waals surface area contributed by atoms with Crippen LogP contribution in [0.1, 0.15) is 13.8 Å². The van der Waals surface area contributed by atoms with Crippen molar-refractivity contribution in [3.8, 4) is 5.75 Å². The first-order chi connectivity index (χ1) is 7.11. The van der Waals surface area contributed by atoms with Gasteiger partial charge in [-0.25, -0.2) is 0 Å². The lowest BCUT2D eigenvalue weighted by molar-refractivity contribution is 0.216. The van der Waals surface area contributed by atoms with Gasteiger partial charge in [0.05, 0.1) is 0 Å². The molecule has 0 saturated carbocycles. The van der Waals surface area contributed by atoms with E-state index in [4.69, 9.17) is 5.11 Å². The molecule has 0 spiro atoms. The molecule has 0 saturated heterocycles. The van der Waals surface area contributed by atoms with Crippen molar-refractivity contribution in [1.82, 2.24) is 4.98 Å². The van der Waals surface area contributed by atoms with Crippen LogP contribution < -0.4 is 0 Å². The van der Waals surface area contributed by atoms with Crippen molar-refractivity contribution < 1.29 is 10.2 Å². The van der Waals surface area contributed by atoms with E-state index in [9.17, 15) is 5.11 Å². The van der Waals surface area contributed by atoms with Crippen LogP contribution in [0.5, 0.6) is 5.75 Å². The maximum atomic E-state index is 9.31. The summed E-state index contributed by atoms with van der Waals surface area (Å²) in [5.74, 6) is 0.239. The van der Waals surface area contributed by atoms with Crippen LogP contribution in [0.3, 0.4) is 0 Å². The zero-order valence-corrected chi connectivity index (χ0v) is 8.88. The molecule has 0 aliphatic rings. The van der Waals surface area contributed by atoms with E-state index >= 15 is 0 Å². The van der Waals surface area contributed by atoms with E-state index in [1.807, 2.05) is 18.2 Å². The van der Waals surface area contributed by atoms with Gasteiger partial charge in [0.15, 0.2) is 0 Å². The van der Waals surface area contributed by atoms with Gasteiger partial charge in [-0.2, -0.15) is 0 Å². The largest absolute Gasteiger partial charge is 0.506 e. The number of aromatic hydroxyl groups is 1. The van der Waals surface area contributed by atoms with Crippen molar-refractivity contribution in [3.05, 3.63) is 36.5 Å². The number of pyridine rings is 1. The molecular weight excluding hydrogens is 190 g/mol. The summed E-state index contributed by atoms with van der Waals surface area (Å²) in [6.45, 7) is 3.44. The van der Waals surface area contributed by atoms with Gasteiger partial charge in [-0.05, 0) is 26.0 Å². The van der Waals surface area contributed by atoms with Crippen molar-refractivity contribution >= 4 is 10.9 Å². The van der Waals surface area contributed by atoms with E-state index in [0.29, 0.717) is 5.52 Å². The molecule has 2 N–H and O–H groups in total. The Labute approximate surface area is 89.0 Å². The minimum Gasteiger partial charge on any atom is -0.506 e. The molecule has 0 bridgehead atoms. The van der Waals surface area contributed by atoms with Crippen LogP contribution in [0, 0.1) is 0 Å². The molecule has 2 aromatic rings. The molecule has 0 fully saturated rings. The molecule has 0 atom stereocenters. The van der Waals surface area contributed by atoms with Crippen LogP contribution in [-0.2, 0) is 0 Å². The minimum absolute atomic E-state index is 0.167. The van der Waals surface area contributed by atoms with Crippen LogP contribution in [-0.4, -0.2) is 21.3 Å². The number of rotatable bonds is 0. The molecule has 0 radical (unpaired) electrons. The molecular formula is C12H15NO2. The summed E-state index contributed by atoms with van der Waals surface area (Å²) in [6, 6.07) is 9.13. The highest BCUT2D eigenvalue weighted by atomic mass is 16.3. The zero-order valence-electron chi connectivity index (χ0n) is 8.88. The normalized spacial score (nSPS) is 9.87. The lowest BCUT2D eigenvalue weighted by atomic mass is 10.2. The Kier molecular flexibility index (Phi) is 4.06. The summed E-state index contributed by atoms with van der Waals surface area (Å²) in [7, 11) is 0. The zero-order chi connectivity index (χ0) is 11.3. The highest BCUT2D eigenvalue weighted by molar-refractivity contribution is 5.83. The number of phenolic OH excluding ortho intramolecular Hbond substituents is 1. The number of aromatic nitrogens is 1. The number of benzene rings is 1. The van der Waals surface area contributed by atoms with Crippen LogP contribution >= 0.6 is 0 Å². The van der Waals surface area contributed by atoms with E-state index < -0.39 is 0 Å². The summed E-state index contributed by atoms with van der Waals surface area (Å²) >= 11 is 0. The predicted molar refractivity (Wildman–Crippen MR) is 60.8 cm³/mol. The molecule has 0 unspecified atom stereocenters. The Morgan fingerprint density at radius 3 is 2.33 bits per heavy atom. The summed E-state index contributed by atoms with van der Waals surface area (Å²) in [6.07, 6.45) is 1.50. The van der Waals surface area contributed by atoms with Crippen molar-refractivity contribution in [2.45, 2.75) is 20.0 Å². The van der Waals surface area contributed by atoms with Crippen LogP contribution in [0.25, 0.3) is 10.9 Å². The van der Waals surface area contributed by atoms with Gasteiger partial charge in [0, 0.05) is 17.7 Å². The Morgan fingerprint density at radius 1 is 1.13 bits per heavy atom. The highest BCUT2D eigenvalue weighted by Crippen LogP contribution is 2.20. The van der Waals surface area contributed by atoms with E-state index in [1.54, 1.807) is 32.2 Å². The number of para-hydroxylation sites is 1. The fraction of sp³-hybridized carbons (Fsp3) is 0.250. The molecule has 1 aromatic heterocycles. The molecule has 2 rings (SSSR count). The SMILES string of the molecule is CC(C)O.Oc1cccc2cccnc12. The fourth-order valence-electron chi connectivity index (χ4n) is 1.09. The molecule has 80 valence electrons. The lowest BCUT2D eigenvalue weighted by Crippen LogP contribution is -1.85. The van der Waals surface area contributed by atoms with Crippen molar-refractivity contribution in [2.24, 2.45) is 0 Å². The number of fused-ring (bicyclic) bond motifs is 1. The first kappa shape index (κ1) is 11.5. The monoisotopic (exact) mass is 205 g/mol. The van der Waals surface area contributed by atoms with Gasteiger partial charge in [-0.1, -0.05) is 18.2 Å². The molecule has 3 nitrogen and oxygen atoms in total. The average molecular weight is 205 g/mol. The summed E-state index contributed by atoms with van der Waals surface area (Å²) < 4.78 is 0. The predicted octanol–water partition coefficient (Wildman–Crippen LogP) is 2.33. The number of aliphatic hydroxyl groups is 1. The topological polar surface area (TPSA) is 53.4 Å². The van der Waals surface area contributed by atoms with Gasteiger partial charge in [-0.3, -0.25) is 4.98 Å². The first-order valence-corrected chi connectivity index (χ1v) is 4.82. The molecule has 1 heterocycles. The highest BCUT2D eigenvalue weighted by Gasteiger charge is 1.96. The second-order valence-electron chi connectivity index (χ2n) is 3.45. The summed E-state index contributed by atoms with van der Waals surface area (Å²) in [4.78, 5) is 4.03. The van der Waals surface area contributed by atoms with Crippen LogP contribution in [0.15, 0.2) is 36.5 Å². The number of phenols is 1. The molecule has 0 aliphatic carbocycles. The van der Waals surface area contributed by atoms with Gasteiger partial charge in [-0.15, -0.1) is 0 Å². The molecule has 0 amide bonds. The molecule has 1 aromatic carbocycles. The summed E-state index contributed by atoms with van der Waals surface area (Å²) in [5, 5.41) is 18.3. The Balaban J connectivity index is 0.000000245. The molecule has 3 heteroatoms. The van der Waals surface area contributed by atoms with Crippen molar-refractivity contribution in [2.75, 3.05) is 0 Å². The van der Waals surface area contributed by atoms with E-state index in [2.05, 4.69) is 4.98 Å². The van der Waals surface area contributed by atoms with Crippen LogP contribution in [0.2, 0.25) is 0 Å². The van der Waals surface area contributed by atoms with Crippen molar-refractivity contribution in [1.29, 1.82) is 0 Å².